The second kappa shape index (κ2) is 7.27. The zero-order chi connectivity index (χ0) is 19.8. The lowest BCUT2D eigenvalue weighted by molar-refractivity contribution is 0.401. The molecule has 3 aromatic rings. The van der Waals surface area contributed by atoms with E-state index in [0.29, 0.717) is 23.7 Å². The molecule has 1 aliphatic carbocycles. The molecule has 2 heterocycles. The minimum atomic E-state index is -0.473. The number of aromatic amines is 1. The Kier molecular flexibility index (Phi) is 4.80. The second-order valence-corrected chi connectivity index (χ2v) is 7.64. The summed E-state index contributed by atoms with van der Waals surface area (Å²) in [5.41, 5.74) is 8.38. The monoisotopic (exact) mass is 382 g/mol. The average Bonchev–Trinajstić information content (AvgIpc) is 3.02. The molecule has 4 rings (SSSR count). The number of aryl methyl sites for hydroxylation is 2. The molecule has 0 aliphatic heterocycles. The number of nitrogens with two attached hydrogens (primary N) is 1. The summed E-state index contributed by atoms with van der Waals surface area (Å²) in [6, 6.07) is 8.18. The molecule has 0 spiro atoms. The Morgan fingerprint density at radius 2 is 2.00 bits per heavy atom. The smallest absolute Gasteiger partial charge is 0.329 e. The van der Waals surface area contributed by atoms with Crippen molar-refractivity contribution in [1.29, 1.82) is 0 Å². The van der Waals surface area contributed by atoms with E-state index in [1.54, 1.807) is 7.05 Å². The van der Waals surface area contributed by atoms with Gasteiger partial charge in [0.1, 0.15) is 0 Å². The van der Waals surface area contributed by atoms with Gasteiger partial charge in [0.25, 0.3) is 5.56 Å². The van der Waals surface area contributed by atoms with Gasteiger partial charge in [0.2, 0.25) is 5.95 Å². The third-order valence-electron chi connectivity index (χ3n) is 5.73. The van der Waals surface area contributed by atoms with Gasteiger partial charge >= 0.3 is 5.69 Å². The number of imidazole rings is 1. The molecule has 1 aliphatic rings. The number of fused-ring (bicyclic) bond motifs is 1. The van der Waals surface area contributed by atoms with Gasteiger partial charge in [-0.3, -0.25) is 18.9 Å². The van der Waals surface area contributed by atoms with Crippen molar-refractivity contribution in [2.75, 3.05) is 5.32 Å². The molecule has 0 saturated heterocycles. The normalized spacial score (nSPS) is 19.8. The van der Waals surface area contributed by atoms with Crippen LogP contribution in [-0.2, 0) is 13.6 Å². The first-order valence-electron chi connectivity index (χ1n) is 9.72. The Hall–Kier alpha value is -2.87. The topological polar surface area (TPSA) is 111 Å². The van der Waals surface area contributed by atoms with Crippen LogP contribution in [0, 0.1) is 6.92 Å². The molecule has 2 atom stereocenters. The summed E-state index contributed by atoms with van der Waals surface area (Å²) in [5, 5.41) is 3.46. The van der Waals surface area contributed by atoms with Gasteiger partial charge < -0.3 is 11.1 Å². The lowest BCUT2D eigenvalue weighted by atomic mass is 9.91. The van der Waals surface area contributed by atoms with Gasteiger partial charge in [-0.05, 0) is 30.9 Å². The maximum atomic E-state index is 12.6. The highest BCUT2D eigenvalue weighted by Crippen LogP contribution is 2.24. The van der Waals surface area contributed by atoms with E-state index in [0.717, 1.165) is 36.8 Å². The van der Waals surface area contributed by atoms with Crippen molar-refractivity contribution in [2.24, 2.45) is 12.8 Å². The van der Waals surface area contributed by atoms with Crippen LogP contribution in [0.2, 0.25) is 0 Å². The van der Waals surface area contributed by atoms with Crippen LogP contribution in [0.3, 0.4) is 0 Å². The van der Waals surface area contributed by atoms with Crippen LogP contribution in [-0.4, -0.2) is 31.2 Å². The van der Waals surface area contributed by atoms with Crippen LogP contribution in [0.4, 0.5) is 5.95 Å². The van der Waals surface area contributed by atoms with Crippen molar-refractivity contribution in [2.45, 2.75) is 51.2 Å². The van der Waals surface area contributed by atoms with E-state index in [4.69, 9.17) is 5.73 Å². The Morgan fingerprint density at radius 3 is 2.75 bits per heavy atom. The number of aromatic nitrogens is 4. The molecule has 4 N–H and O–H groups in total. The molecule has 28 heavy (non-hydrogen) atoms. The Labute approximate surface area is 162 Å². The molecule has 2 unspecified atom stereocenters. The number of rotatable bonds is 4. The summed E-state index contributed by atoms with van der Waals surface area (Å²) in [5.74, 6) is 0.576. The SMILES string of the molecule is Cc1ccccc1Cn1c(NC2CCCCC2N)nc2c1c(=O)[nH]c(=O)n2C. The van der Waals surface area contributed by atoms with Crippen molar-refractivity contribution in [3.8, 4) is 0 Å². The minimum absolute atomic E-state index is 0.0441. The standard InChI is InChI=1S/C20H26N6O2/c1-12-7-3-4-8-13(12)11-26-16-17(25(2)20(28)24-18(16)27)23-19(26)22-15-10-6-5-9-14(15)21/h3-4,7-8,14-15H,5-6,9-11,21H2,1-2H3,(H,22,23)(H,24,27,28). The van der Waals surface area contributed by atoms with E-state index >= 15 is 0 Å². The summed E-state index contributed by atoms with van der Waals surface area (Å²) in [4.78, 5) is 31.7. The van der Waals surface area contributed by atoms with Gasteiger partial charge in [-0.15, -0.1) is 0 Å². The fourth-order valence-corrected chi connectivity index (χ4v) is 3.96. The highest BCUT2D eigenvalue weighted by Gasteiger charge is 2.25. The fraction of sp³-hybridized carbons (Fsp3) is 0.450. The number of hydrogen-bond acceptors (Lipinski definition) is 5. The quantitative estimate of drug-likeness (QED) is 0.633. The number of benzene rings is 1. The second-order valence-electron chi connectivity index (χ2n) is 7.64. The molecule has 1 aromatic carbocycles. The van der Waals surface area contributed by atoms with Crippen molar-refractivity contribution in [3.05, 3.63) is 56.2 Å². The zero-order valence-corrected chi connectivity index (χ0v) is 16.2. The van der Waals surface area contributed by atoms with Crippen molar-refractivity contribution in [1.82, 2.24) is 19.1 Å². The van der Waals surface area contributed by atoms with E-state index in [2.05, 4.69) is 15.3 Å². The molecule has 0 radical (unpaired) electrons. The van der Waals surface area contributed by atoms with Gasteiger partial charge in [-0.1, -0.05) is 37.1 Å². The predicted octanol–water partition coefficient (Wildman–Crippen LogP) is 1.46. The van der Waals surface area contributed by atoms with Gasteiger partial charge in [-0.2, -0.15) is 4.98 Å². The predicted molar refractivity (Wildman–Crippen MR) is 110 cm³/mol. The molecule has 1 saturated carbocycles. The van der Waals surface area contributed by atoms with Gasteiger partial charge in [0.05, 0.1) is 6.54 Å². The number of nitrogens with one attached hydrogen (secondary N) is 2. The van der Waals surface area contributed by atoms with Gasteiger partial charge in [0.15, 0.2) is 11.2 Å². The summed E-state index contributed by atoms with van der Waals surface area (Å²) >= 11 is 0. The van der Waals surface area contributed by atoms with Crippen LogP contribution >= 0.6 is 0 Å². The molecule has 8 heteroatoms. The van der Waals surface area contributed by atoms with Gasteiger partial charge in [0, 0.05) is 19.1 Å². The number of nitrogens with zero attached hydrogens (tertiary/aromatic N) is 3. The highest BCUT2D eigenvalue weighted by atomic mass is 16.2. The van der Waals surface area contributed by atoms with Crippen LogP contribution in [0.25, 0.3) is 11.2 Å². The van der Waals surface area contributed by atoms with E-state index < -0.39 is 11.2 Å². The third-order valence-corrected chi connectivity index (χ3v) is 5.73. The largest absolute Gasteiger partial charge is 0.351 e. The third kappa shape index (κ3) is 3.24. The molecule has 1 fully saturated rings. The van der Waals surface area contributed by atoms with Crippen LogP contribution in [0.1, 0.15) is 36.8 Å². The first kappa shape index (κ1) is 18.5. The van der Waals surface area contributed by atoms with E-state index in [1.165, 1.54) is 4.57 Å². The molecular weight excluding hydrogens is 356 g/mol. The number of H-pyrrole nitrogens is 1. The summed E-state index contributed by atoms with van der Waals surface area (Å²) in [7, 11) is 1.61. The van der Waals surface area contributed by atoms with Crippen LogP contribution < -0.4 is 22.3 Å². The molecular formula is C20H26N6O2. The molecule has 8 nitrogen and oxygen atoms in total. The van der Waals surface area contributed by atoms with Crippen molar-refractivity contribution < 1.29 is 0 Å². The Balaban J connectivity index is 1.86. The summed E-state index contributed by atoms with van der Waals surface area (Å²) in [6.07, 6.45) is 4.17. The zero-order valence-electron chi connectivity index (χ0n) is 16.2. The molecule has 148 valence electrons. The highest BCUT2D eigenvalue weighted by molar-refractivity contribution is 5.74. The number of hydrogen-bond donors (Lipinski definition) is 3. The lowest BCUT2D eigenvalue weighted by Crippen LogP contribution is -2.43. The van der Waals surface area contributed by atoms with Crippen molar-refractivity contribution >= 4 is 17.1 Å². The summed E-state index contributed by atoms with van der Waals surface area (Å²) < 4.78 is 3.23. The van der Waals surface area contributed by atoms with Crippen LogP contribution in [0.5, 0.6) is 0 Å². The van der Waals surface area contributed by atoms with E-state index in [-0.39, 0.29) is 12.1 Å². The lowest BCUT2D eigenvalue weighted by Gasteiger charge is -2.29. The maximum absolute atomic E-state index is 12.6. The van der Waals surface area contributed by atoms with Crippen LogP contribution in [0.15, 0.2) is 33.9 Å². The first-order chi connectivity index (χ1) is 13.5. The number of anilines is 1. The average molecular weight is 382 g/mol. The van der Waals surface area contributed by atoms with E-state index in [1.807, 2.05) is 35.8 Å². The summed E-state index contributed by atoms with van der Waals surface area (Å²) in [6.45, 7) is 2.52. The maximum Gasteiger partial charge on any atom is 0.329 e. The van der Waals surface area contributed by atoms with E-state index in [9.17, 15) is 9.59 Å². The molecule has 2 aromatic heterocycles. The fourth-order valence-electron chi connectivity index (χ4n) is 3.96. The minimum Gasteiger partial charge on any atom is -0.351 e. The molecule has 0 bridgehead atoms. The first-order valence-corrected chi connectivity index (χ1v) is 9.72. The Morgan fingerprint density at radius 1 is 1.25 bits per heavy atom. The van der Waals surface area contributed by atoms with Gasteiger partial charge in [-0.25, -0.2) is 4.79 Å². The Bertz CT molecular complexity index is 1130. The molecule has 0 amide bonds. The van der Waals surface area contributed by atoms with Crippen molar-refractivity contribution in [3.63, 3.8) is 0 Å².